The standard InChI is InChI=1S/C19H24FN3S/c1-12(2)11-16-17(13(3)4)21-19(23(5)24-6)22-18(16)14-7-9-15(20)10-8-14/h7-11,13H,1-6H3. The van der Waals surface area contributed by atoms with Gasteiger partial charge in [0.2, 0.25) is 5.95 Å². The molecule has 0 unspecified atom stereocenters. The predicted octanol–water partition coefficient (Wildman–Crippen LogP) is 5.54. The lowest BCUT2D eigenvalue weighted by Crippen LogP contribution is -2.13. The molecule has 0 radical (unpaired) electrons. The van der Waals surface area contributed by atoms with E-state index in [1.165, 1.54) is 17.7 Å². The van der Waals surface area contributed by atoms with Gasteiger partial charge in [0.05, 0.1) is 11.4 Å². The van der Waals surface area contributed by atoms with Crippen molar-refractivity contribution < 1.29 is 4.39 Å². The van der Waals surface area contributed by atoms with Gasteiger partial charge in [0, 0.05) is 24.4 Å². The summed E-state index contributed by atoms with van der Waals surface area (Å²) in [6.45, 7) is 8.37. The van der Waals surface area contributed by atoms with E-state index < -0.39 is 0 Å². The van der Waals surface area contributed by atoms with Crippen LogP contribution in [0.2, 0.25) is 0 Å². The smallest absolute Gasteiger partial charge is 0.236 e. The van der Waals surface area contributed by atoms with Gasteiger partial charge >= 0.3 is 0 Å². The number of nitrogens with zero attached hydrogens (tertiary/aromatic N) is 3. The zero-order valence-electron chi connectivity index (χ0n) is 15.1. The summed E-state index contributed by atoms with van der Waals surface area (Å²) in [7, 11) is 1.94. The van der Waals surface area contributed by atoms with E-state index in [9.17, 15) is 4.39 Å². The van der Waals surface area contributed by atoms with Gasteiger partial charge in [-0.1, -0.05) is 37.4 Å². The fourth-order valence-corrected chi connectivity index (χ4v) is 2.64. The highest BCUT2D eigenvalue weighted by Crippen LogP contribution is 2.32. The molecule has 0 aliphatic rings. The van der Waals surface area contributed by atoms with Gasteiger partial charge in [-0.15, -0.1) is 0 Å². The third-order valence-electron chi connectivity index (χ3n) is 3.62. The molecule has 0 atom stereocenters. The summed E-state index contributed by atoms with van der Waals surface area (Å²) in [6.07, 6.45) is 4.09. The fourth-order valence-electron chi connectivity index (χ4n) is 2.40. The van der Waals surface area contributed by atoms with Gasteiger partial charge in [0.25, 0.3) is 0 Å². The number of benzene rings is 1. The molecule has 0 aliphatic heterocycles. The van der Waals surface area contributed by atoms with Crippen molar-refractivity contribution in [1.29, 1.82) is 0 Å². The van der Waals surface area contributed by atoms with E-state index in [0.717, 1.165) is 22.5 Å². The van der Waals surface area contributed by atoms with E-state index in [2.05, 4.69) is 33.8 Å². The van der Waals surface area contributed by atoms with Crippen molar-refractivity contribution in [3.05, 3.63) is 46.9 Å². The van der Waals surface area contributed by atoms with Gasteiger partial charge in [0.15, 0.2) is 0 Å². The SMILES string of the molecule is CSN(C)c1nc(-c2ccc(F)cc2)c(C=C(C)C)c(C(C)C)n1. The zero-order valence-corrected chi connectivity index (χ0v) is 15.9. The van der Waals surface area contributed by atoms with Gasteiger partial charge in [-0.3, -0.25) is 4.31 Å². The maximum Gasteiger partial charge on any atom is 0.236 e. The van der Waals surface area contributed by atoms with Crippen molar-refractivity contribution >= 4 is 24.0 Å². The molecule has 0 fully saturated rings. The maximum atomic E-state index is 13.3. The van der Waals surface area contributed by atoms with Crippen LogP contribution in [0.3, 0.4) is 0 Å². The Bertz CT molecular complexity index is 735. The number of aromatic nitrogens is 2. The Morgan fingerprint density at radius 1 is 1.17 bits per heavy atom. The normalized spacial score (nSPS) is 10.8. The summed E-state index contributed by atoms with van der Waals surface area (Å²) in [4.78, 5) is 9.54. The van der Waals surface area contributed by atoms with Gasteiger partial charge in [-0.2, -0.15) is 0 Å². The number of hydrogen-bond acceptors (Lipinski definition) is 4. The molecule has 1 aromatic heterocycles. The van der Waals surface area contributed by atoms with Crippen molar-refractivity contribution in [2.75, 3.05) is 17.6 Å². The third kappa shape index (κ3) is 4.15. The molecule has 2 aromatic rings. The molecule has 2 rings (SSSR count). The fraction of sp³-hybridized carbons (Fsp3) is 0.368. The molecule has 0 aliphatic carbocycles. The van der Waals surface area contributed by atoms with Gasteiger partial charge in [0.1, 0.15) is 5.82 Å². The van der Waals surface area contributed by atoms with Crippen LogP contribution in [0.25, 0.3) is 17.3 Å². The first-order chi connectivity index (χ1) is 11.3. The second kappa shape index (κ2) is 7.79. The molecule has 0 saturated heterocycles. The first kappa shape index (κ1) is 18.5. The van der Waals surface area contributed by atoms with E-state index in [-0.39, 0.29) is 11.7 Å². The van der Waals surface area contributed by atoms with Crippen molar-refractivity contribution in [3.63, 3.8) is 0 Å². The Labute approximate surface area is 148 Å². The van der Waals surface area contributed by atoms with Crippen LogP contribution >= 0.6 is 11.9 Å². The molecular weight excluding hydrogens is 321 g/mol. The lowest BCUT2D eigenvalue weighted by Gasteiger charge is -2.20. The summed E-state index contributed by atoms with van der Waals surface area (Å²) in [6, 6.07) is 6.48. The highest BCUT2D eigenvalue weighted by molar-refractivity contribution is 7.99. The number of hydrogen-bond donors (Lipinski definition) is 0. The summed E-state index contributed by atoms with van der Waals surface area (Å²) in [5, 5.41) is 0. The molecule has 3 nitrogen and oxygen atoms in total. The molecule has 0 N–H and O–H groups in total. The Balaban J connectivity index is 2.78. The first-order valence-electron chi connectivity index (χ1n) is 7.94. The average Bonchev–Trinajstić information content (AvgIpc) is 2.54. The van der Waals surface area contributed by atoms with Gasteiger partial charge in [-0.25, -0.2) is 14.4 Å². The minimum Gasteiger partial charge on any atom is -0.288 e. The summed E-state index contributed by atoms with van der Waals surface area (Å²) in [5.41, 5.74) is 4.92. The minimum atomic E-state index is -0.248. The van der Waals surface area contributed by atoms with Crippen molar-refractivity contribution in [3.8, 4) is 11.3 Å². The molecular formula is C19H24FN3S. The number of halogens is 1. The predicted molar refractivity (Wildman–Crippen MR) is 103 cm³/mol. The van der Waals surface area contributed by atoms with E-state index in [1.807, 2.05) is 17.6 Å². The Kier molecular flexibility index (Phi) is 5.99. The van der Waals surface area contributed by atoms with E-state index in [1.54, 1.807) is 24.1 Å². The number of allylic oxidation sites excluding steroid dienone is 1. The zero-order chi connectivity index (χ0) is 17.9. The van der Waals surface area contributed by atoms with Gasteiger partial charge in [-0.05, 0) is 44.0 Å². The first-order valence-corrected chi connectivity index (χ1v) is 9.12. The van der Waals surface area contributed by atoms with Crippen LogP contribution in [-0.4, -0.2) is 23.3 Å². The molecule has 0 spiro atoms. The van der Waals surface area contributed by atoms with Crippen LogP contribution in [0, 0.1) is 5.82 Å². The molecule has 1 aromatic carbocycles. The van der Waals surface area contributed by atoms with Crippen LogP contribution in [0.1, 0.15) is 44.9 Å². The second-order valence-corrected chi connectivity index (χ2v) is 7.15. The highest BCUT2D eigenvalue weighted by atomic mass is 32.2. The van der Waals surface area contributed by atoms with E-state index in [0.29, 0.717) is 5.95 Å². The van der Waals surface area contributed by atoms with E-state index >= 15 is 0 Å². The number of rotatable bonds is 5. The topological polar surface area (TPSA) is 29.0 Å². The summed E-state index contributed by atoms with van der Waals surface area (Å²) < 4.78 is 15.3. The molecule has 5 heteroatoms. The van der Waals surface area contributed by atoms with Crippen LogP contribution in [0.4, 0.5) is 10.3 Å². The average molecular weight is 345 g/mol. The van der Waals surface area contributed by atoms with Crippen LogP contribution in [-0.2, 0) is 0 Å². The monoisotopic (exact) mass is 345 g/mol. The minimum absolute atomic E-state index is 0.248. The van der Waals surface area contributed by atoms with Crippen LogP contribution in [0.5, 0.6) is 0 Å². The Morgan fingerprint density at radius 3 is 2.29 bits per heavy atom. The summed E-state index contributed by atoms with van der Waals surface area (Å²) >= 11 is 1.56. The second-order valence-electron chi connectivity index (χ2n) is 6.23. The Hall–Kier alpha value is -1.88. The molecule has 128 valence electrons. The van der Waals surface area contributed by atoms with Crippen LogP contribution < -0.4 is 4.31 Å². The van der Waals surface area contributed by atoms with Gasteiger partial charge < -0.3 is 0 Å². The quantitative estimate of drug-likeness (QED) is 0.665. The van der Waals surface area contributed by atoms with Crippen molar-refractivity contribution in [1.82, 2.24) is 9.97 Å². The molecule has 24 heavy (non-hydrogen) atoms. The highest BCUT2D eigenvalue weighted by Gasteiger charge is 2.18. The van der Waals surface area contributed by atoms with Crippen molar-refractivity contribution in [2.45, 2.75) is 33.6 Å². The lowest BCUT2D eigenvalue weighted by molar-refractivity contribution is 0.628. The molecule has 0 bridgehead atoms. The Morgan fingerprint density at radius 2 is 1.79 bits per heavy atom. The summed E-state index contributed by atoms with van der Waals surface area (Å²) in [5.74, 6) is 0.672. The molecule has 1 heterocycles. The third-order valence-corrected chi connectivity index (χ3v) is 4.33. The lowest BCUT2D eigenvalue weighted by atomic mass is 9.97. The molecule has 0 saturated carbocycles. The maximum absolute atomic E-state index is 13.3. The van der Waals surface area contributed by atoms with Crippen molar-refractivity contribution in [2.24, 2.45) is 0 Å². The largest absolute Gasteiger partial charge is 0.288 e. The van der Waals surface area contributed by atoms with E-state index in [4.69, 9.17) is 9.97 Å². The number of anilines is 1. The molecule has 0 amide bonds. The van der Waals surface area contributed by atoms with Crippen LogP contribution in [0.15, 0.2) is 29.8 Å².